The Bertz CT molecular complexity index is 1290. The number of nitrogens with two attached hydrogens (primary N) is 1. The lowest BCUT2D eigenvalue weighted by atomic mass is 9.92. The lowest BCUT2D eigenvalue weighted by Crippen LogP contribution is -2.40. The fourth-order valence-electron chi connectivity index (χ4n) is 3.65. The summed E-state index contributed by atoms with van der Waals surface area (Å²) >= 11 is 0. The van der Waals surface area contributed by atoms with Crippen LogP contribution in [0, 0.1) is 17.1 Å². The molecule has 0 radical (unpaired) electrons. The molecule has 1 aromatic heterocycles. The molecular formula is C20H17FN4O3S. The third-order valence-corrected chi connectivity index (χ3v) is 6.13. The van der Waals surface area contributed by atoms with Crippen molar-refractivity contribution in [3.63, 3.8) is 0 Å². The summed E-state index contributed by atoms with van der Waals surface area (Å²) in [5.41, 5.74) is 3.80. The number of ether oxygens (including phenoxy) is 1. The molecule has 4 rings (SSSR count). The van der Waals surface area contributed by atoms with Crippen LogP contribution in [0.4, 0.5) is 4.39 Å². The third-order valence-electron chi connectivity index (χ3n) is 5.09. The molecule has 0 saturated heterocycles. The lowest BCUT2D eigenvalue weighted by Gasteiger charge is -2.26. The first-order chi connectivity index (χ1) is 13.8. The van der Waals surface area contributed by atoms with Crippen LogP contribution < -0.4 is 9.88 Å². The Morgan fingerprint density at radius 2 is 2.07 bits per heavy atom. The minimum absolute atomic E-state index is 0.0647. The first kappa shape index (κ1) is 19.3. The molecule has 0 amide bonds. The van der Waals surface area contributed by atoms with Gasteiger partial charge in [-0.25, -0.2) is 9.53 Å². The summed E-state index contributed by atoms with van der Waals surface area (Å²) < 4.78 is 44.1. The van der Waals surface area contributed by atoms with E-state index in [0.717, 1.165) is 11.1 Å². The molecule has 0 spiro atoms. The molecule has 2 heterocycles. The van der Waals surface area contributed by atoms with Crippen LogP contribution in [-0.2, 0) is 23.2 Å². The summed E-state index contributed by atoms with van der Waals surface area (Å²) in [6.45, 7) is 0.465. The predicted molar refractivity (Wildman–Crippen MR) is 106 cm³/mol. The molecule has 0 unspecified atom stereocenters. The lowest BCUT2D eigenvalue weighted by molar-refractivity contribution is 0.387. The number of hydrogen-bond acceptors (Lipinski definition) is 5. The molecule has 148 valence electrons. The van der Waals surface area contributed by atoms with Crippen LogP contribution in [-0.4, -0.2) is 31.4 Å². The van der Waals surface area contributed by atoms with E-state index >= 15 is 0 Å². The summed E-state index contributed by atoms with van der Waals surface area (Å²) in [5.74, 6) is -0.494. The highest BCUT2D eigenvalue weighted by Crippen LogP contribution is 2.35. The first-order valence-corrected chi connectivity index (χ1v) is 10.3. The molecule has 7 nitrogen and oxygen atoms in total. The molecule has 0 aliphatic carbocycles. The SMILES string of the molecule is COc1cc2ncc(C#N)c(-c3ccc4c(c3)CN(S(N)(=O)=O)CC4)c2cc1F. The largest absolute Gasteiger partial charge is 0.494 e. The number of fused-ring (bicyclic) bond motifs is 2. The van der Waals surface area contributed by atoms with E-state index in [9.17, 15) is 18.1 Å². The van der Waals surface area contributed by atoms with E-state index in [1.165, 1.54) is 29.7 Å². The Morgan fingerprint density at radius 1 is 1.28 bits per heavy atom. The van der Waals surface area contributed by atoms with Gasteiger partial charge in [-0.15, -0.1) is 0 Å². The average molecular weight is 412 g/mol. The van der Waals surface area contributed by atoms with Crippen molar-refractivity contribution in [2.75, 3.05) is 13.7 Å². The maximum absolute atomic E-state index is 14.4. The van der Waals surface area contributed by atoms with Gasteiger partial charge in [0.05, 0.1) is 18.2 Å². The molecule has 0 saturated carbocycles. The topological polar surface area (TPSA) is 109 Å². The monoisotopic (exact) mass is 412 g/mol. The molecule has 2 N–H and O–H groups in total. The van der Waals surface area contributed by atoms with E-state index in [0.29, 0.717) is 40.6 Å². The zero-order chi connectivity index (χ0) is 20.8. The van der Waals surface area contributed by atoms with E-state index in [2.05, 4.69) is 11.1 Å². The molecule has 0 fully saturated rings. The van der Waals surface area contributed by atoms with E-state index in [4.69, 9.17) is 9.88 Å². The number of methoxy groups -OCH3 is 1. The van der Waals surface area contributed by atoms with Crippen LogP contribution in [0.3, 0.4) is 0 Å². The van der Waals surface area contributed by atoms with Crippen LogP contribution >= 0.6 is 0 Å². The molecule has 3 aromatic rings. The Hall–Kier alpha value is -3.06. The molecule has 1 aliphatic heterocycles. The quantitative estimate of drug-likeness (QED) is 0.711. The molecular weight excluding hydrogens is 395 g/mol. The van der Waals surface area contributed by atoms with Crippen molar-refractivity contribution >= 4 is 21.1 Å². The second-order valence-corrected chi connectivity index (χ2v) is 8.32. The summed E-state index contributed by atoms with van der Waals surface area (Å²) in [4.78, 5) is 4.25. The van der Waals surface area contributed by atoms with Gasteiger partial charge in [0.1, 0.15) is 6.07 Å². The molecule has 29 heavy (non-hydrogen) atoms. The second-order valence-electron chi connectivity index (χ2n) is 6.77. The van der Waals surface area contributed by atoms with Crippen molar-refractivity contribution in [3.05, 3.63) is 59.0 Å². The van der Waals surface area contributed by atoms with Crippen molar-refractivity contribution in [2.45, 2.75) is 13.0 Å². The van der Waals surface area contributed by atoms with Crippen molar-refractivity contribution in [2.24, 2.45) is 5.14 Å². The predicted octanol–water partition coefficient (Wildman–Crippen LogP) is 2.48. The standard InChI is InChI=1S/C20H17FN4O3S/c1-28-19-8-18-16(7-17(19)21)20(15(9-22)10-24-18)13-3-2-12-4-5-25(29(23,26)27)11-14(12)6-13/h2-3,6-8,10H,4-5,11H2,1H3,(H2,23,26,27). The van der Waals surface area contributed by atoms with Crippen molar-refractivity contribution in [3.8, 4) is 22.9 Å². The maximum atomic E-state index is 14.4. The van der Waals surface area contributed by atoms with Gasteiger partial charge in [-0.05, 0) is 35.2 Å². The zero-order valence-electron chi connectivity index (χ0n) is 15.5. The summed E-state index contributed by atoms with van der Waals surface area (Å²) in [6.07, 6.45) is 1.98. The highest BCUT2D eigenvalue weighted by atomic mass is 32.2. The second kappa shape index (κ2) is 7.08. The van der Waals surface area contributed by atoms with Gasteiger partial charge in [0.25, 0.3) is 10.2 Å². The van der Waals surface area contributed by atoms with Gasteiger partial charge in [0.15, 0.2) is 11.6 Å². The van der Waals surface area contributed by atoms with E-state index in [1.807, 2.05) is 18.2 Å². The molecule has 2 aromatic carbocycles. The summed E-state index contributed by atoms with van der Waals surface area (Å²) in [7, 11) is -2.43. The van der Waals surface area contributed by atoms with Gasteiger partial charge < -0.3 is 4.74 Å². The maximum Gasteiger partial charge on any atom is 0.277 e. The Balaban J connectivity index is 1.91. The number of rotatable bonds is 3. The number of benzene rings is 2. The van der Waals surface area contributed by atoms with Gasteiger partial charge in [-0.3, -0.25) is 4.98 Å². The zero-order valence-corrected chi connectivity index (χ0v) is 16.3. The molecule has 1 aliphatic rings. The highest BCUT2D eigenvalue weighted by Gasteiger charge is 2.24. The normalized spacial score (nSPS) is 14.4. The van der Waals surface area contributed by atoms with E-state index < -0.39 is 16.0 Å². The first-order valence-electron chi connectivity index (χ1n) is 8.78. The number of halogens is 1. The van der Waals surface area contributed by atoms with Crippen molar-refractivity contribution in [1.82, 2.24) is 9.29 Å². The van der Waals surface area contributed by atoms with Crippen molar-refractivity contribution < 1.29 is 17.5 Å². The van der Waals surface area contributed by atoms with Crippen LogP contribution in [0.5, 0.6) is 5.75 Å². The highest BCUT2D eigenvalue weighted by molar-refractivity contribution is 7.86. The summed E-state index contributed by atoms with van der Waals surface area (Å²) in [5, 5.41) is 15.3. The van der Waals surface area contributed by atoms with Crippen LogP contribution in [0.15, 0.2) is 36.5 Å². The van der Waals surface area contributed by atoms with Gasteiger partial charge in [-0.1, -0.05) is 12.1 Å². The number of nitriles is 1. The van der Waals surface area contributed by atoms with Gasteiger partial charge >= 0.3 is 0 Å². The third kappa shape index (κ3) is 3.42. The van der Waals surface area contributed by atoms with Gasteiger partial charge in [0.2, 0.25) is 0 Å². The van der Waals surface area contributed by atoms with Crippen LogP contribution in [0.2, 0.25) is 0 Å². The Kier molecular flexibility index (Phi) is 4.70. The number of aromatic nitrogens is 1. The number of nitrogens with zero attached hydrogens (tertiary/aromatic N) is 3. The van der Waals surface area contributed by atoms with E-state index in [1.54, 1.807) is 0 Å². The summed E-state index contributed by atoms with van der Waals surface area (Å²) in [6, 6.07) is 10.5. The number of pyridine rings is 1. The number of hydrogen-bond donors (Lipinski definition) is 1. The van der Waals surface area contributed by atoms with Gasteiger partial charge in [0, 0.05) is 36.3 Å². The molecule has 0 bridgehead atoms. The Morgan fingerprint density at radius 3 is 2.76 bits per heavy atom. The molecule has 0 atom stereocenters. The van der Waals surface area contributed by atoms with Crippen LogP contribution in [0.25, 0.3) is 22.0 Å². The average Bonchev–Trinajstić information content (AvgIpc) is 2.70. The minimum atomic E-state index is -3.80. The fourth-order valence-corrected chi connectivity index (χ4v) is 4.31. The van der Waals surface area contributed by atoms with Gasteiger partial charge in [-0.2, -0.15) is 18.0 Å². The Labute approximate surface area is 167 Å². The molecule has 9 heteroatoms. The van der Waals surface area contributed by atoms with Crippen LogP contribution in [0.1, 0.15) is 16.7 Å². The van der Waals surface area contributed by atoms with Crippen molar-refractivity contribution in [1.29, 1.82) is 5.26 Å². The smallest absolute Gasteiger partial charge is 0.277 e. The minimum Gasteiger partial charge on any atom is -0.494 e. The van der Waals surface area contributed by atoms with E-state index in [-0.39, 0.29) is 12.3 Å². The fraction of sp³-hybridized carbons (Fsp3) is 0.200.